The summed E-state index contributed by atoms with van der Waals surface area (Å²) in [5, 5.41) is 8.59. The summed E-state index contributed by atoms with van der Waals surface area (Å²) >= 11 is 0. The molecule has 0 saturated heterocycles. The molecule has 1 aromatic heterocycles. The van der Waals surface area contributed by atoms with Gasteiger partial charge in [-0.15, -0.1) is 14.7 Å². The molecule has 2 heterocycles. The number of anilines is 1. The van der Waals surface area contributed by atoms with Crippen molar-refractivity contribution in [1.29, 1.82) is 0 Å². The van der Waals surface area contributed by atoms with E-state index in [1.165, 1.54) is 19.3 Å². The van der Waals surface area contributed by atoms with Crippen molar-refractivity contribution in [3.05, 3.63) is 35.0 Å². The SMILES string of the molecule is C=C1N=Nc2c(cc[nH]c2=O)N1N(C)F. The Balaban J connectivity index is 2.65. The first-order valence-electron chi connectivity index (χ1n) is 4.13. The highest BCUT2D eigenvalue weighted by Gasteiger charge is 2.24. The fraction of sp³-hybridized carbons (Fsp3) is 0.125. The van der Waals surface area contributed by atoms with Crippen LogP contribution in [0.15, 0.2) is 39.7 Å². The van der Waals surface area contributed by atoms with E-state index in [0.29, 0.717) is 10.9 Å². The standard InChI is InChI=1S/C8H8FN5O/c1-5-11-12-7-6(14(5)13(2)9)3-4-10-8(7)15/h3-4H,1H2,2H3,(H,10,15). The molecular weight excluding hydrogens is 201 g/mol. The minimum atomic E-state index is -0.421. The van der Waals surface area contributed by atoms with E-state index in [4.69, 9.17) is 0 Å². The van der Waals surface area contributed by atoms with Crippen LogP contribution >= 0.6 is 0 Å². The zero-order valence-corrected chi connectivity index (χ0v) is 7.94. The van der Waals surface area contributed by atoms with Gasteiger partial charge in [-0.25, -0.2) is 5.01 Å². The van der Waals surface area contributed by atoms with Gasteiger partial charge in [0.05, 0.1) is 5.69 Å². The number of aromatic nitrogens is 1. The lowest BCUT2D eigenvalue weighted by Crippen LogP contribution is -2.34. The molecule has 0 unspecified atom stereocenters. The zero-order valence-electron chi connectivity index (χ0n) is 7.94. The zero-order chi connectivity index (χ0) is 11.0. The number of fused-ring (bicyclic) bond motifs is 1. The predicted octanol–water partition coefficient (Wildman–Crippen LogP) is 1.48. The summed E-state index contributed by atoms with van der Waals surface area (Å²) in [6, 6.07) is 1.52. The van der Waals surface area contributed by atoms with Crippen LogP contribution in [0.3, 0.4) is 0 Å². The summed E-state index contributed by atoms with van der Waals surface area (Å²) < 4.78 is 13.1. The number of hydrazine groups is 1. The Kier molecular flexibility index (Phi) is 2.09. The second-order valence-electron chi connectivity index (χ2n) is 2.91. The minimum Gasteiger partial charge on any atom is -0.327 e. The molecule has 15 heavy (non-hydrogen) atoms. The number of hydrogen-bond donors (Lipinski definition) is 1. The van der Waals surface area contributed by atoms with Crippen LogP contribution < -0.4 is 10.6 Å². The molecule has 0 aliphatic carbocycles. The van der Waals surface area contributed by atoms with E-state index in [1.54, 1.807) is 0 Å². The number of pyridine rings is 1. The van der Waals surface area contributed by atoms with Crippen molar-refractivity contribution in [2.45, 2.75) is 0 Å². The maximum absolute atomic E-state index is 13.1. The summed E-state index contributed by atoms with van der Waals surface area (Å²) in [6.45, 7) is 3.52. The first-order valence-corrected chi connectivity index (χ1v) is 4.13. The molecule has 1 aliphatic rings. The van der Waals surface area contributed by atoms with Gasteiger partial charge >= 0.3 is 0 Å². The van der Waals surface area contributed by atoms with Gasteiger partial charge in [0, 0.05) is 13.2 Å². The van der Waals surface area contributed by atoms with Crippen molar-refractivity contribution in [3.8, 4) is 0 Å². The monoisotopic (exact) mass is 209 g/mol. The molecule has 1 aliphatic heterocycles. The van der Waals surface area contributed by atoms with Crippen LogP contribution in [0.2, 0.25) is 0 Å². The number of nitrogens with zero attached hydrogens (tertiary/aromatic N) is 4. The number of rotatable bonds is 1. The average Bonchev–Trinajstić information content (AvgIpc) is 2.17. The fourth-order valence-corrected chi connectivity index (χ4v) is 1.32. The number of halogens is 1. The van der Waals surface area contributed by atoms with Gasteiger partial charge in [-0.2, -0.15) is 0 Å². The Labute approximate surface area is 84.2 Å². The number of azo groups is 1. The highest BCUT2D eigenvalue weighted by Crippen LogP contribution is 2.33. The highest BCUT2D eigenvalue weighted by atomic mass is 19.2. The lowest BCUT2D eigenvalue weighted by Gasteiger charge is -2.28. The van der Waals surface area contributed by atoms with Gasteiger partial charge in [0.2, 0.25) is 0 Å². The maximum atomic E-state index is 13.1. The number of aromatic amines is 1. The van der Waals surface area contributed by atoms with E-state index in [2.05, 4.69) is 21.8 Å². The van der Waals surface area contributed by atoms with Crippen LogP contribution in [-0.4, -0.2) is 17.3 Å². The second kappa shape index (κ2) is 3.28. The Morgan fingerprint density at radius 2 is 2.33 bits per heavy atom. The molecule has 78 valence electrons. The summed E-state index contributed by atoms with van der Waals surface area (Å²) in [6.07, 6.45) is 1.41. The molecule has 6 nitrogen and oxygen atoms in total. The summed E-state index contributed by atoms with van der Waals surface area (Å²) in [7, 11) is 1.18. The molecule has 0 amide bonds. The van der Waals surface area contributed by atoms with Gasteiger partial charge in [0.1, 0.15) is 0 Å². The molecule has 0 aromatic carbocycles. The third kappa shape index (κ3) is 1.42. The van der Waals surface area contributed by atoms with Gasteiger partial charge < -0.3 is 4.98 Å². The predicted molar refractivity (Wildman–Crippen MR) is 52.1 cm³/mol. The van der Waals surface area contributed by atoms with Crippen LogP contribution in [0.25, 0.3) is 0 Å². The van der Waals surface area contributed by atoms with Crippen LogP contribution in [0.4, 0.5) is 15.9 Å². The van der Waals surface area contributed by atoms with Gasteiger partial charge in [-0.05, 0) is 6.07 Å². The Morgan fingerprint density at radius 1 is 1.60 bits per heavy atom. The van der Waals surface area contributed by atoms with E-state index in [9.17, 15) is 9.28 Å². The third-order valence-corrected chi connectivity index (χ3v) is 1.93. The lowest BCUT2D eigenvalue weighted by molar-refractivity contribution is 0.0531. The molecule has 2 rings (SSSR count). The molecule has 1 N–H and O–H groups in total. The fourth-order valence-electron chi connectivity index (χ4n) is 1.32. The normalized spacial score (nSPS) is 14.6. The molecule has 0 radical (unpaired) electrons. The summed E-state index contributed by atoms with van der Waals surface area (Å²) in [5.41, 5.74) is -0.0475. The summed E-state index contributed by atoms with van der Waals surface area (Å²) in [4.78, 5) is 13.8. The average molecular weight is 209 g/mol. The van der Waals surface area contributed by atoms with Crippen LogP contribution in [0.5, 0.6) is 0 Å². The van der Waals surface area contributed by atoms with Crippen molar-refractivity contribution in [3.63, 3.8) is 0 Å². The molecular formula is C8H8FN5O. The minimum absolute atomic E-state index is 0.0643. The Bertz CT molecular complexity index is 492. The van der Waals surface area contributed by atoms with Crippen molar-refractivity contribution < 1.29 is 4.48 Å². The molecule has 0 bridgehead atoms. The van der Waals surface area contributed by atoms with E-state index in [-0.39, 0.29) is 11.5 Å². The largest absolute Gasteiger partial charge is 0.327 e. The molecule has 0 atom stereocenters. The second-order valence-corrected chi connectivity index (χ2v) is 2.91. The van der Waals surface area contributed by atoms with Crippen molar-refractivity contribution >= 4 is 11.4 Å². The van der Waals surface area contributed by atoms with Gasteiger partial charge in [0.25, 0.3) is 5.56 Å². The molecule has 1 aromatic rings. The van der Waals surface area contributed by atoms with E-state index in [0.717, 1.165) is 5.01 Å². The van der Waals surface area contributed by atoms with Crippen LogP contribution in [0.1, 0.15) is 0 Å². The summed E-state index contributed by atoms with van der Waals surface area (Å²) in [5.74, 6) is 0.109. The Morgan fingerprint density at radius 3 is 3.00 bits per heavy atom. The van der Waals surface area contributed by atoms with Gasteiger partial charge in [-0.1, -0.05) is 11.8 Å². The Hall–Kier alpha value is -2.02. The molecule has 0 saturated carbocycles. The van der Waals surface area contributed by atoms with Crippen LogP contribution in [0, 0.1) is 0 Å². The van der Waals surface area contributed by atoms with Gasteiger partial charge in [0.15, 0.2) is 11.5 Å². The van der Waals surface area contributed by atoms with Crippen molar-refractivity contribution in [2.24, 2.45) is 10.2 Å². The third-order valence-electron chi connectivity index (χ3n) is 1.93. The number of nitrogens with one attached hydrogen (secondary N) is 1. The van der Waals surface area contributed by atoms with Crippen molar-refractivity contribution in [2.75, 3.05) is 12.1 Å². The lowest BCUT2D eigenvalue weighted by atomic mass is 10.3. The molecule has 0 spiro atoms. The number of H-pyrrole nitrogens is 1. The first-order chi connectivity index (χ1) is 7.11. The topological polar surface area (TPSA) is 64.1 Å². The van der Waals surface area contributed by atoms with E-state index >= 15 is 0 Å². The maximum Gasteiger partial charge on any atom is 0.277 e. The molecule has 7 heteroatoms. The smallest absolute Gasteiger partial charge is 0.277 e. The molecule has 0 fully saturated rings. The van der Waals surface area contributed by atoms with Crippen molar-refractivity contribution in [1.82, 2.24) is 10.2 Å². The van der Waals surface area contributed by atoms with E-state index < -0.39 is 5.56 Å². The van der Waals surface area contributed by atoms with Crippen LogP contribution in [-0.2, 0) is 0 Å². The van der Waals surface area contributed by atoms with E-state index in [1.807, 2.05) is 0 Å². The first kappa shape index (κ1) is 9.53. The number of hydrogen-bond acceptors (Lipinski definition) is 5. The highest BCUT2D eigenvalue weighted by molar-refractivity contribution is 5.68. The van der Waals surface area contributed by atoms with Gasteiger partial charge in [-0.3, -0.25) is 4.79 Å². The quantitative estimate of drug-likeness (QED) is 0.712.